The van der Waals surface area contributed by atoms with E-state index in [0.29, 0.717) is 6.04 Å². The molecule has 1 fully saturated rings. The van der Waals surface area contributed by atoms with E-state index in [1.165, 1.54) is 0 Å². The van der Waals surface area contributed by atoms with Gasteiger partial charge in [0.15, 0.2) is 0 Å². The van der Waals surface area contributed by atoms with Crippen molar-refractivity contribution in [2.45, 2.75) is 45.2 Å². The molecule has 0 aliphatic carbocycles. The molecule has 106 valence electrons. The van der Waals surface area contributed by atoms with Crippen LogP contribution in [0.2, 0.25) is 0 Å². The van der Waals surface area contributed by atoms with Gasteiger partial charge in [0.25, 0.3) is 0 Å². The molecule has 2 N–H and O–H groups in total. The molecule has 0 bridgehead atoms. The molecule has 0 aromatic rings. The van der Waals surface area contributed by atoms with Crippen molar-refractivity contribution in [3.8, 4) is 0 Å². The Morgan fingerprint density at radius 2 is 1.94 bits per heavy atom. The molecule has 0 spiro atoms. The molecule has 1 heterocycles. The van der Waals surface area contributed by atoms with Crippen molar-refractivity contribution in [1.29, 1.82) is 0 Å². The van der Waals surface area contributed by atoms with Crippen LogP contribution in [0.5, 0.6) is 0 Å². The maximum absolute atomic E-state index is 11.6. The number of hydrogen-bond donors (Lipinski definition) is 2. The Labute approximate surface area is 108 Å². The fourth-order valence-electron chi connectivity index (χ4n) is 2.07. The van der Waals surface area contributed by atoms with Gasteiger partial charge in [-0.1, -0.05) is 0 Å². The van der Waals surface area contributed by atoms with Crippen LogP contribution in [0.15, 0.2) is 0 Å². The molecule has 0 atom stereocenters. The van der Waals surface area contributed by atoms with E-state index in [1.807, 2.05) is 0 Å². The van der Waals surface area contributed by atoms with E-state index in [2.05, 4.69) is 23.5 Å². The summed E-state index contributed by atoms with van der Waals surface area (Å²) in [6.45, 7) is 6.00. The maximum Gasteiger partial charge on any atom is 0.304 e. The zero-order valence-electron chi connectivity index (χ0n) is 10.9. The van der Waals surface area contributed by atoms with Gasteiger partial charge in [0.2, 0.25) is 10.0 Å². The van der Waals surface area contributed by atoms with Crippen molar-refractivity contribution in [3.63, 3.8) is 0 Å². The molecule has 0 aromatic carbocycles. The van der Waals surface area contributed by atoms with Gasteiger partial charge in [-0.2, -0.15) is 0 Å². The third-order valence-electron chi connectivity index (χ3n) is 3.19. The Kier molecular flexibility index (Phi) is 5.55. The molecular weight excluding hydrogens is 256 g/mol. The van der Waals surface area contributed by atoms with Crippen LogP contribution < -0.4 is 4.72 Å². The highest BCUT2D eigenvalue weighted by Crippen LogP contribution is 2.13. The van der Waals surface area contributed by atoms with E-state index in [-0.39, 0.29) is 18.2 Å². The van der Waals surface area contributed by atoms with Crippen LogP contribution in [0, 0.1) is 0 Å². The van der Waals surface area contributed by atoms with Crippen LogP contribution in [0.3, 0.4) is 0 Å². The molecule has 0 amide bonds. The summed E-state index contributed by atoms with van der Waals surface area (Å²) in [5.41, 5.74) is 0. The number of rotatable bonds is 6. The lowest BCUT2D eigenvalue weighted by Crippen LogP contribution is -2.47. The van der Waals surface area contributed by atoms with Gasteiger partial charge in [0, 0.05) is 12.1 Å². The zero-order valence-corrected chi connectivity index (χ0v) is 11.7. The van der Waals surface area contributed by atoms with Crippen molar-refractivity contribution in [2.75, 3.05) is 18.8 Å². The predicted molar refractivity (Wildman–Crippen MR) is 68.9 cm³/mol. The average molecular weight is 278 g/mol. The second-order valence-electron chi connectivity index (χ2n) is 4.98. The number of likely N-dealkylation sites (tertiary alicyclic amines) is 1. The molecular formula is C11H22N2O4S. The number of nitrogens with zero attached hydrogens (tertiary/aromatic N) is 1. The smallest absolute Gasteiger partial charge is 0.304 e. The summed E-state index contributed by atoms with van der Waals surface area (Å²) in [6, 6.07) is 0.424. The number of nitrogens with one attached hydrogen (secondary N) is 1. The van der Waals surface area contributed by atoms with E-state index in [1.54, 1.807) is 0 Å². The molecule has 18 heavy (non-hydrogen) atoms. The summed E-state index contributed by atoms with van der Waals surface area (Å²) >= 11 is 0. The van der Waals surface area contributed by atoms with E-state index in [9.17, 15) is 13.2 Å². The first kappa shape index (κ1) is 15.4. The van der Waals surface area contributed by atoms with Crippen LogP contribution in [0.4, 0.5) is 0 Å². The molecule has 0 unspecified atom stereocenters. The van der Waals surface area contributed by atoms with Crippen molar-refractivity contribution in [2.24, 2.45) is 0 Å². The van der Waals surface area contributed by atoms with Gasteiger partial charge in [-0.3, -0.25) is 4.79 Å². The standard InChI is InChI=1S/C11H22N2O4S/c1-9(2)13-6-3-10(4-7-13)12-18(16,17)8-5-11(14)15/h9-10,12H,3-8H2,1-2H3,(H,14,15). The molecule has 0 radical (unpaired) electrons. The minimum atomic E-state index is -3.46. The van der Waals surface area contributed by atoms with E-state index >= 15 is 0 Å². The largest absolute Gasteiger partial charge is 0.481 e. The number of piperidine rings is 1. The fraction of sp³-hybridized carbons (Fsp3) is 0.909. The lowest BCUT2D eigenvalue weighted by Gasteiger charge is -2.34. The predicted octanol–water partition coefficient (Wildman–Crippen LogP) is 0.253. The van der Waals surface area contributed by atoms with Crippen molar-refractivity contribution >= 4 is 16.0 Å². The molecule has 6 nitrogen and oxygen atoms in total. The first-order valence-electron chi connectivity index (χ1n) is 6.26. The second kappa shape index (κ2) is 6.49. The number of carbonyl (C=O) groups is 1. The Morgan fingerprint density at radius 1 is 1.39 bits per heavy atom. The highest BCUT2D eigenvalue weighted by Gasteiger charge is 2.24. The van der Waals surface area contributed by atoms with E-state index in [4.69, 9.17) is 5.11 Å². The summed E-state index contributed by atoms with van der Waals surface area (Å²) in [7, 11) is -3.46. The molecule has 1 aliphatic heterocycles. The van der Waals surface area contributed by atoms with Crippen molar-refractivity contribution in [3.05, 3.63) is 0 Å². The fourth-order valence-corrected chi connectivity index (χ4v) is 3.37. The normalized spacial score (nSPS) is 19.3. The van der Waals surface area contributed by atoms with Gasteiger partial charge in [-0.05, 0) is 39.8 Å². The minimum absolute atomic E-state index is 0.0567. The Morgan fingerprint density at radius 3 is 2.39 bits per heavy atom. The number of carboxylic acids is 1. The Bertz CT molecular complexity index is 373. The molecule has 0 aromatic heterocycles. The summed E-state index contributed by atoms with van der Waals surface area (Å²) in [5, 5.41) is 8.48. The Hall–Kier alpha value is -0.660. The lowest BCUT2D eigenvalue weighted by atomic mass is 10.1. The maximum atomic E-state index is 11.6. The first-order chi connectivity index (χ1) is 8.30. The topological polar surface area (TPSA) is 86.7 Å². The van der Waals surface area contributed by atoms with Crippen LogP contribution in [0.1, 0.15) is 33.1 Å². The molecule has 1 saturated heterocycles. The number of sulfonamides is 1. The summed E-state index contributed by atoms with van der Waals surface area (Å²) < 4.78 is 25.9. The number of carboxylic acid groups (broad SMARTS) is 1. The van der Waals surface area contributed by atoms with E-state index in [0.717, 1.165) is 25.9 Å². The van der Waals surface area contributed by atoms with Gasteiger partial charge in [0.1, 0.15) is 0 Å². The van der Waals surface area contributed by atoms with Crippen molar-refractivity contribution in [1.82, 2.24) is 9.62 Å². The zero-order chi connectivity index (χ0) is 13.8. The average Bonchev–Trinajstić information content (AvgIpc) is 2.27. The van der Waals surface area contributed by atoms with Gasteiger partial charge in [-0.15, -0.1) is 0 Å². The molecule has 7 heteroatoms. The Balaban J connectivity index is 2.38. The highest BCUT2D eigenvalue weighted by molar-refractivity contribution is 7.89. The second-order valence-corrected chi connectivity index (χ2v) is 6.86. The number of aliphatic carboxylic acids is 1. The van der Waals surface area contributed by atoms with Gasteiger partial charge >= 0.3 is 5.97 Å². The molecule has 1 rings (SSSR count). The quantitative estimate of drug-likeness (QED) is 0.727. The van der Waals surface area contributed by atoms with Crippen LogP contribution >= 0.6 is 0 Å². The molecule has 1 aliphatic rings. The highest BCUT2D eigenvalue weighted by atomic mass is 32.2. The number of hydrogen-bond acceptors (Lipinski definition) is 4. The van der Waals surface area contributed by atoms with Gasteiger partial charge < -0.3 is 10.0 Å². The monoisotopic (exact) mass is 278 g/mol. The lowest BCUT2D eigenvalue weighted by molar-refractivity contribution is -0.136. The summed E-state index contributed by atoms with van der Waals surface area (Å²) in [5.74, 6) is -1.43. The van der Waals surface area contributed by atoms with Crippen LogP contribution in [-0.2, 0) is 14.8 Å². The minimum Gasteiger partial charge on any atom is -0.481 e. The SMILES string of the molecule is CC(C)N1CCC(NS(=O)(=O)CCC(=O)O)CC1. The van der Waals surface area contributed by atoms with Gasteiger partial charge in [-0.25, -0.2) is 13.1 Å². The van der Waals surface area contributed by atoms with Crippen molar-refractivity contribution < 1.29 is 18.3 Å². The molecule has 0 saturated carbocycles. The first-order valence-corrected chi connectivity index (χ1v) is 7.91. The van der Waals surface area contributed by atoms with E-state index < -0.39 is 16.0 Å². The summed E-state index contributed by atoms with van der Waals surface area (Å²) in [6.07, 6.45) is 1.22. The summed E-state index contributed by atoms with van der Waals surface area (Å²) in [4.78, 5) is 12.7. The third-order valence-corrected chi connectivity index (χ3v) is 4.62. The van der Waals surface area contributed by atoms with Crippen LogP contribution in [0.25, 0.3) is 0 Å². The van der Waals surface area contributed by atoms with Gasteiger partial charge in [0.05, 0.1) is 12.2 Å². The third kappa shape index (κ3) is 5.32. The van der Waals surface area contributed by atoms with Crippen LogP contribution in [-0.4, -0.2) is 55.3 Å².